The van der Waals surface area contributed by atoms with Crippen LogP contribution in [-0.2, 0) is 4.74 Å². The summed E-state index contributed by atoms with van der Waals surface area (Å²) in [5.41, 5.74) is 0.876. The summed E-state index contributed by atoms with van der Waals surface area (Å²) in [6.45, 7) is 2.06. The second kappa shape index (κ2) is 5.92. The van der Waals surface area contributed by atoms with Crippen molar-refractivity contribution in [3.8, 4) is 5.69 Å². The standard InChI is InChI=1S/C11H10BrN3O2S/c1-2-17-11(16)14-10-15(5-6-18-10)8-3-4-13-9(12)7-8/h3-7H,2H2,1H3/b14-10-. The summed E-state index contributed by atoms with van der Waals surface area (Å²) >= 11 is 4.67. The van der Waals surface area contributed by atoms with Gasteiger partial charge in [-0.3, -0.25) is 4.57 Å². The van der Waals surface area contributed by atoms with Gasteiger partial charge in [-0.05, 0) is 35.0 Å². The first-order valence-corrected chi connectivity index (χ1v) is 6.87. The van der Waals surface area contributed by atoms with Gasteiger partial charge < -0.3 is 4.74 Å². The molecule has 2 heterocycles. The molecule has 0 spiro atoms. The minimum Gasteiger partial charge on any atom is -0.448 e. The third kappa shape index (κ3) is 3.05. The van der Waals surface area contributed by atoms with Crippen LogP contribution in [0.4, 0.5) is 4.79 Å². The molecule has 0 aliphatic rings. The van der Waals surface area contributed by atoms with Gasteiger partial charge in [-0.15, -0.1) is 16.3 Å². The molecule has 7 heteroatoms. The number of carbonyl (C=O) groups excluding carboxylic acids is 1. The second-order valence-corrected chi connectivity index (χ2v) is 4.89. The molecule has 5 nitrogen and oxygen atoms in total. The van der Waals surface area contributed by atoms with E-state index >= 15 is 0 Å². The fourth-order valence-corrected chi connectivity index (χ4v) is 2.39. The van der Waals surface area contributed by atoms with Gasteiger partial charge in [-0.25, -0.2) is 9.78 Å². The van der Waals surface area contributed by atoms with Gasteiger partial charge in [0.15, 0.2) is 0 Å². The SMILES string of the molecule is CCOC(=O)/N=c1\sccn1-c1ccnc(Br)c1. The van der Waals surface area contributed by atoms with E-state index < -0.39 is 6.09 Å². The lowest BCUT2D eigenvalue weighted by Gasteiger charge is -2.02. The van der Waals surface area contributed by atoms with E-state index in [-0.39, 0.29) is 0 Å². The number of pyridine rings is 1. The summed E-state index contributed by atoms with van der Waals surface area (Å²) in [5.74, 6) is 0. The monoisotopic (exact) mass is 327 g/mol. The summed E-state index contributed by atoms with van der Waals surface area (Å²) in [7, 11) is 0. The number of thiazole rings is 1. The van der Waals surface area contributed by atoms with E-state index in [4.69, 9.17) is 4.74 Å². The van der Waals surface area contributed by atoms with Crippen LogP contribution >= 0.6 is 27.3 Å². The van der Waals surface area contributed by atoms with Crippen molar-refractivity contribution in [1.82, 2.24) is 9.55 Å². The van der Waals surface area contributed by atoms with Crippen LogP contribution in [0.15, 0.2) is 39.5 Å². The van der Waals surface area contributed by atoms with Crippen molar-refractivity contribution in [1.29, 1.82) is 0 Å². The largest absolute Gasteiger partial charge is 0.448 e. The Morgan fingerprint density at radius 3 is 3.22 bits per heavy atom. The summed E-state index contributed by atoms with van der Waals surface area (Å²) in [6, 6.07) is 3.68. The van der Waals surface area contributed by atoms with E-state index in [0.717, 1.165) is 10.3 Å². The smallest absolute Gasteiger partial charge is 0.436 e. The second-order valence-electron chi connectivity index (χ2n) is 3.20. The number of nitrogens with zero attached hydrogens (tertiary/aromatic N) is 3. The molecule has 0 N–H and O–H groups in total. The van der Waals surface area contributed by atoms with Crippen molar-refractivity contribution in [2.75, 3.05) is 6.61 Å². The van der Waals surface area contributed by atoms with Crippen molar-refractivity contribution in [2.24, 2.45) is 4.99 Å². The average Bonchev–Trinajstić information content (AvgIpc) is 2.77. The van der Waals surface area contributed by atoms with Crippen LogP contribution < -0.4 is 4.80 Å². The Morgan fingerprint density at radius 2 is 2.50 bits per heavy atom. The highest BCUT2D eigenvalue weighted by Gasteiger charge is 2.03. The van der Waals surface area contributed by atoms with E-state index in [1.54, 1.807) is 17.7 Å². The molecule has 2 aromatic rings. The minimum absolute atomic E-state index is 0.314. The molecule has 0 fully saturated rings. The molecule has 18 heavy (non-hydrogen) atoms. The number of amides is 1. The van der Waals surface area contributed by atoms with Gasteiger partial charge in [0.1, 0.15) is 4.60 Å². The highest BCUT2D eigenvalue weighted by Crippen LogP contribution is 2.11. The van der Waals surface area contributed by atoms with Gasteiger partial charge in [-0.1, -0.05) is 0 Å². The first kappa shape index (κ1) is 13.0. The normalized spacial score (nSPS) is 11.6. The maximum Gasteiger partial charge on any atom is 0.436 e. The van der Waals surface area contributed by atoms with Crippen LogP contribution in [0.5, 0.6) is 0 Å². The molecular formula is C11H10BrN3O2S. The van der Waals surface area contributed by atoms with Gasteiger partial charge in [-0.2, -0.15) is 0 Å². The molecule has 0 bridgehead atoms. The fourth-order valence-electron chi connectivity index (χ4n) is 1.33. The quantitative estimate of drug-likeness (QED) is 0.797. The Balaban J connectivity index is 2.42. The van der Waals surface area contributed by atoms with E-state index in [0.29, 0.717) is 11.4 Å². The molecule has 0 saturated heterocycles. The molecule has 0 atom stereocenters. The third-order valence-electron chi connectivity index (χ3n) is 2.03. The molecule has 0 aliphatic carbocycles. The predicted octanol–water partition coefficient (Wildman–Crippen LogP) is 2.75. The Bertz CT molecular complexity index is 621. The van der Waals surface area contributed by atoms with E-state index in [1.807, 2.05) is 23.7 Å². The molecule has 0 radical (unpaired) electrons. The van der Waals surface area contributed by atoms with Crippen LogP contribution in [0.25, 0.3) is 5.69 Å². The number of carbonyl (C=O) groups is 1. The predicted molar refractivity (Wildman–Crippen MR) is 71.7 cm³/mol. The Kier molecular flexibility index (Phi) is 4.27. The number of hydrogen-bond acceptors (Lipinski definition) is 4. The molecule has 94 valence electrons. The lowest BCUT2D eigenvalue weighted by molar-refractivity contribution is 0.162. The number of halogens is 1. The van der Waals surface area contributed by atoms with Gasteiger partial charge in [0.25, 0.3) is 0 Å². The number of hydrogen-bond donors (Lipinski definition) is 0. The molecule has 0 aliphatic heterocycles. The van der Waals surface area contributed by atoms with Gasteiger partial charge in [0.05, 0.1) is 12.3 Å². The highest BCUT2D eigenvalue weighted by atomic mass is 79.9. The zero-order chi connectivity index (χ0) is 13.0. The van der Waals surface area contributed by atoms with Gasteiger partial charge >= 0.3 is 6.09 Å². The van der Waals surface area contributed by atoms with Crippen molar-refractivity contribution >= 4 is 33.4 Å². The fraction of sp³-hybridized carbons (Fsp3) is 0.182. The molecule has 2 rings (SSSR count). The van der Waals surface area contributed by atoms with Crippen LogP contribution in [0.3, 0.4) is 0 Å². The average molecular weight is 328 g/mol. The summed E-state index contributed by atoms with van der Waals surface area (Å²) in [4.78, 5) is 19.9. The third-order valence-corrected chi connectivity index (χ3v) is 3.22. The summed E-state index contributed by atoms with van der Waals surface area (Å²) in [6.07, 6.45) is 2.93. The zero-order valence-electron chi connectivity index (χ0n) is 9.54. The number of ether oxygens (including phenoxy) is 1. The molecule has 2 aromatic heterocycles. The number of rotatable bonds is 2. The molecule has 0 unspecified atom stereocenters. The van der Waals surface area contributed by atoms with Crippen LogP contribution in [0.1, 0.15) is 6.92 Å². The molecular weight excluding hydrogens is 318 g/mol. The molecule has 0 aromatic carbocycles. The zero-order valence-corrected chi connectivity index (χ0v) is 11.9. The van der Waals surface area contributed by atoms with Crippen molar-refractivity contribution < 1.29 is 9.53 Å². The Hall–Kier alpha value is -1.47. The Labute approximate surface area is 116 Å². The highest BCUT2D eigenvalue weighted by molar-refractivity contribution is 9.10. The minimum atomic E-state index is -0.582. The van der Waals surface area contributed by atoms with Gasteiger partial charge in [0.2, 0.25) is 4.80 Å². The molecule has 1 amide bonds. The lowest BCUT2D eigenvalue weighted by Crippen LogP contribution is -2.15. The van der Waals surface area contributed by atoms with Crippen LogP contribution in [0, 0.1) is 0 Å². The van der Waals surface area contributed by atoms with Crippen molar-refractivity contribution in [3.05, 3.63) is 39.3 Å². The number of aromatic nitrogens is 2. The van der Waals surface area contributed by atoms with E-state index in [1.165, 1.54) is 11.3 Å². The van der Waals surface area contributed by atoms with E-state index in [2.05, 4.69) is 25.9 Å². The van der Waals surface area contributed by atoms with Crippen molar-refractivity contribution in [3.63, 3.8) is 0 Å². The van der Waals surface area contributed by atoms with Crippen LogP contribution in [-0.4, -0.2) is 22.3 Å². The van der Waals surface area contributed by atoms with Crippen molar-refractivity contribution in [2.45, 2.75) is 6.92 Å². The summed E-state index contributed by atoms with van der Waals surface area (Å²) in [5, 5.41) is 1.85. The Morgan fingerprint density at radius 1 is 1.67 bits per heavy atom. The lowest BCUT2D eigenvalue weighted by atomic mass is 10.4. The van der Waals surface area contributed by atoms with E-state index in [9.17, 15) is 4.79 Å². The van der Waals surface area contributed by atoms with Gasteiger partial charge in [0, 0.05) is 17.8 Å². The topological polar surface area (TPSA) is 56.5 Å². The maximum absolute atomic E-state index is 11.3. The van der Waals surface area contributed by atoms with Crippen LogP contribution in [0.2, 0.25) is 0 Å². The summed E-state index contributed by atoms with van der Waals surface area (Å²) < 4.78 is 7.32. The molecule has 0 saturated carbocycles. The first-order chi connectivity index (χ1) is 8.70. The first-order valence-electron chi connectivity index (χ1n) is 5.20. The maximum atomic E-state index is 11.3.